The molecule has 0 aliphatic heterocycles. The van der Waals surface area contributed by atoms with Gasteiger partial charge in [0.15, 0.2) is 5.78 Å². The van der Waals surface area contributed by atoms with E-state index in [1.807, 2.05) is 18.2 Å². The van der Waals surface area contributed by atoms with Crippen LogP contribution in [0.4, 0.5) is 0 Å². The molecule has 2 aromatic rings. The molecule has 0 fully saturated rings. The van der Waals surface area contributed by atoms with Crippen LogP contribution in [0.25, 0.3) is 6.08 Å². The first-order valence-corrected chi connectivity index (χ1v) is 7.44. The van der Waals surface area contributed by atoms with Crippen molar-refractivity contribution in [2.24, 2.45) is 0 Å². The maximum Gasteiger partial charge on any atom is 0.195 e. The van der Waals surface area contributed by atoms with Crippen molar-refractivity contribution < 1.29 is 4.79 Å². The van der Waals surface area contributed by atoms with Gasteiger partial charge in [-0.05, 0) is 42.2 Å². The van der Waals surface area contributed by atoms with E-state index in [0.29, 0.717) is 0 Å². The van der Waals surface area contributed by atoms with E-state index in [0.717, 1.165) is 23.3 Å². The Hall–Kier alpha value is -1.67. The van der Waals surface area contributed by atoms with Crippen LogP contribution in [0.1, 0.15) is 39.5 Å². The molecule has 0 N–H and O–H groups in total. The van der Waals surface area contributed by atoms with Gasteiger partial charge in [-0.25, -0.2) is 0 Å². The van der Waals surface area contributed by atoms with E-state index in [4.69, 9.17) is 0 Å². The van der Waals surface area contributed by atoms with Crippen molar-refractivity contribution in [1.29, 1.82) is 0 Å². The minimum absolute atomic E-state index is 0.0873. The minimum atomic E-state index is 0.0873. The summed E-state index contributed by atoms with van der Waals surface area (Å²) < 4.78 is 0. The van der Waals surface area contributed by atoms with Crippen LogP contribution < -0.4 is 0 Å². The van der Waals surface area contributed by atoms with Crippen LogP contribution in [0.2, 0.25) is 0 Å². The first-order chi connectivity index (χ1) is 9.22. The summed E-state index contributed by atoms with van der Waals surface area (Å²) in [6, 6.07) is 12.2. The van der Waals surface area contributed by atoms with Gasteiger partial charge < -0.3 is 0 Å². The number of hydrogen-bond acceptors (Lipinski definition) is 2. The zero-order valence-electron chi connectivity index (χ0n) is 11.3. The summed E-state index contributed by atoms with van der Waals surface area (Å²) in [6.45, 7) is 4.24. The molecule has 0 aliphatic carbocycles. The minimum Gasteiger partial charge on any atom is -0.288 e. The largest absolute Gasteiger partial charge is 0.288 e. The third-order valence-corrected chi connectivity index (χ3v) is 4.31. The van der Waals surface area contributed by atoms with Crippen molar-refractivity contribution in [2.75, 3.05) is 0 Å². The Labute approximate surface area is 118 Å². The molecule has 0 aliphatic rings. The highest BCUT2D eigenvalue weighted by molar-refractivity contribution is 7.14. The molecular weight excluding hydrogens is 252 g/mol. The summed E-state index contributed by atoms with van der Waals surface area (Å²) in [5.41, 5.74) is 2.38. The molecule has 0 saturated carbocycles. The molecule has 0 saturated heterocycles. The van der Waals surface area contributed by atoms with Crippen molar-refractivity contribution in [3.05, 3.63) is 63.4 Å². The van der Waals surface area contributed by atoms with E-state index in [9.17, 15) is 4.79 Å². The van der Waals surface area contributed by atoms with Crippen LogP contribution in [-0.2, 0) is 12.8 Å². The van der Waals surface area contributed by atoms with Crippen LogP contribution in [0.5, 0.6) is 0 Å². The zero-order valence-corrected chi connectivity index (χ0v) is 12.2. The summed E-state index contributed by atoms with van der Waals surface area (Å²) in [4.78, 5) is 14.1. The highest BCUT2D eigenvalue weighted by atomic mass is 32.1. The third-order valence-electron chi connectivity index (χ3n) is 3.07. The molecular formula is C17H18OS. The number of aryl methyl sites for hydroxylation is 2. The normalized spacial score (nSPS) is 11.1. The predicted octanol–water partition coefficient (Wildman–Crippen LogP) is 4.77. The first kappa shape index (κ1) is 13.8. The van der Waals surface area contributed by atoms with E-state index in [2.05, 4.69) is 38.1 Å². The Morgan fingerprint density at radius 2 is 1.79 bits per heavy atom. The van der Waals surface area contributed by atoms with Gasteiger partial charge in [-0.1, -0.05) is 44.2 Å². The number of hydrogen-bond donors (Lipinski definition) is 0. The maximum absolute atomic E-state index is 12.0. The van der Waals surface area contributed by atoms with E-state index in [1.165, 1.54) is 10.4 Å². The summed E-state index contributed by atoms with van der Waals surface area (Å²) in [6.07, 6.45) is 5.57. The summed E-state index contributed by atoms with van der Waals surface area (Å²) in [7, 11) is 0. The monoisotopic (exact) mass is 270 g/mol. The lowest BCUT2D eigenvalue weighted by molar-refractivity contribution is 0.105. The fraction of sp³-hybridized carbons (Fsp3) is 0.235. The Morgan fingerprint density at radius 3 is 2.37 bits per heavy atom. The van der Waals surface area contributed by atoms with Crippen molar-refractivity contribution >= 4 is 23.2 Å². The van der Waals surface area contributed by atoms with E-state index in [1.54, 1.807) is 17.4 Å². The number of carbonyl (C=O) groups excluding carboxylic acids is 1. The maximum atomic E-state index is 12.0. The molecule has 0 spiro atoms. The molecule has 19 heavy (non-hydrogen) atoms. The van der Waals surface area contributed by atoms with Crippen molar-refractivity contribution in [2.45, 2.75) is 26.7 Å². The van der Waals surface area contributed by atoms with Crippen LogP contribution in [0, 0.1) is 0 Å². The Morgan fingerprint density at radius 1 is 1.05 bits per heavy atom. The number of ketones is 1. The van der Waals surface area contributed by atoms with Gasteiger partial charge in [0.05, 0.1) is 4.88 Å². The molecule has 2 heteroatoms. The number of carbonyl (C=O) groups is 1. The molecule has 2 rings (SSSR count). The smallest absolute Gasteiger partial charge is 0.195 e. The topological polar surface area (TPSA) is 17.1 Å². The predicted molar refractivity (Wildman–Crippen MR) is 82.9 cm³/mol. The zero-order chi connectivity index (χ0) is 13.7. The lowest BCUT2D eigenvalue weighted by atomic mass is 10.1. The molecule has 1 aromatic heterocycles. The van der Waals surface area contributed by atoms with Crippen LogP contribution in [0.15, 0.2) is 42.5 Å². The van der Waals surface area contributed by atoms with Gasteiger partial charge in [0.1, 0.15) is 0 Å². The van der Waals surface area contributed by atoms with Crippen molar-refractivity contribution in [3.8, 4) is 0 Å². The SMILES string of the molecule is CCc1ccc(/C=C/C(=O)c2ccc(CC)s2)cc1. The number of benzene rings is 1. The lowest BCUT2D eigenvalue weighted by Gasteiger charge is -1.97. The summed E-state index contributed by atoms with van der Waals surface area (Å²) >= 11 is 1.58. The Bertz CT molecular complexity index is 576. The van der Waals surface area contributed by atoms with E-state index < -0.39 is 0 Å². The van der Waals surface area contributed by atoms with Crippen molar-refractivity contribution in [1.82, 2.24) is 0 Å². The highest BCUT2D eigenvalue weighted by Gasteiger charge is 2.04. The van der Waals surface area contributed by atoms with Gasteiger partial charge >= 0.3 is 0 Å². The second-order valence-electron chi connectivity index (χ2n) is 4.41. The first-order valence-electron chi connectivity index (χ1n) is 6.63. The van der Waals surface area contributed by atoms with Gasteiger partial charge in [-0.2, -0.15) is 0 Å². The molecule has 98 valence electrons. The van der Waals surface area contributed by atoms with Crippen molar-refractivity contribution in [3.63, 3.8) is 0 Å². The summed E-state index contributed by atoms with van der Waals surface area (Å²) in [5.74, 6) is 0.0873. The molecule has 0 atom stereocenters. The molecule has 1 nitrogen and oxygen atoms in total. The molecule has 1 heterocycles. The van der Waals surface area contributed by atoms with E-state index >= 15 is 0 Å². The fourth-order valence-electron chi connectivity index (χ4n) is 1.82. The third kappa shape index (κ3) is 3.65. The molecule has 0 bridgehead atoms. The Kier molecular flexibility index (Phi) is 4.69. The lowest BCUT2D eigenvalue weighted by Crippen LogP contribution is -1.88. The van der Waals surface area contributed by atoms with Crippen LogP contribution >= 0.6 is 11.3 Å². The van der Waals surface area contributed by atoms with Crippen LogP contribution in [-0.4, -0.2) is 5.78 Å². The van der Waals surface area contributed by atoms with Gasteiger partial charge in [0.2, 0.25) is 0 Å². The average molecular weight is 270 g/mol. The number of rotatable bonds is 5. The standard InChI is InChI=1S/C17H18OS/c1-3-13-5-7-14(8-6-13)9-11-16(18)17-12-10-15(4-2)19-17/h5-12H,3-4H2,1-2H3/b11-9+. The van der Waals surface area contributed by atoms with Gasteiger partial charge in [-0.15, -0.1) is 11.3 Å². The Balaban J connectivity index is 2.06. The van der Waals surface area contributed by atoms with Gasteiger partial charge in [-0.3, -0.25) is 4.79 Å². The highest BCUT2D eigenvalue weighted by Crippen LogP contribution is 2.18. The fourth-order valence-corrected chi connectivity index (χ4v) is 2.69. The second-order valence-corrected chi connectivity index (χ2v) is 5.58. The van der Waals surface area contributed by atoms with Gasteiger partial charge in [0.25, 0.3) is 0 Å². The molecule has 0 amide bonds. The van der Waals surface area contributed by atoms with Gasteiger partial charge in [0, 0.05) is 4.88 Å². The molecule has 0 radical (unpaired) electrons. The average Bonchev–Trinajstić information content (AvgIpc) is 2.94. The quantitative estimate of drug-likeness (QED) is 0.565. The molecule has 0 unspecified atom stereocenters. The number of allylic oxidation sites excluding steroid dienone is 1. The molecule has 1 aromatic carbocycles. The summed E-state index contributed by atoms with van der Waals surface area (Å²) in [5, 5.41) is 0. The number of thiophene rings is 1. The van der Waals surface area contributed by atoms with E-state index in [-0.39, 0.29) is 5.78 Å². The second kappa shape index (κ2) is 6.48. The van der Waals surface area contributed by atoms with Crippen LogP contribution in [0.3, 0.4) is 0 Å².